The Balaban J connectivity index is 2.61. The smallest absolute Gasteiger partial charge is 0.320 e. The van der Waals surface area contributed by atoms with E-state index in [1.165, 1.54) is 0 Å². The molecule has 14 heavy (non-hydrogen) atoms. The van der Waals surface area contributed by atoms with Gasteiger partial charge in [0, 0.05) is 13.1 Å². The molecule has 82 valence electrons. The molecule has 1 rings (SSSR count). The van der Waals surface area contributed by atoms with Gasteiger partial charge in [-0.3, -0.25) is 9.69 Å². The van der Waals surface area contributed by atoms with E-state index in [9.17, 15) is 4.79 Å². The van der Waals surface area contributed by atoms with Gasteiger partial charge in [0.05, 0.1) is 12.2 Å². The minimum atomic E-state index is -0.728. The minimum absolute atomic E-state index is 0.132. The Morgan fingerprint density at radius 3 is 2.36 bits per heavy atom. The van der Waals surface area contributed by atoms with Crippen molar-refractivity contribution in [1.82, 2.24) is 4.90 Å². The van der Waals surface area contributed by atoms with Gasteiger partial charge in [0.15, 0.2) is 0 Å². The Morgan fingerprint density at radius 2 is 2.00 bits per heavy atom. The van der Waals surface area contributed by atoms with E-state index in [4.69, 9.17) is 9.84 Å². The van der Waals surface area contributed by atoms with E-state index >= 15 is 0 Å². The fourth-order valence-electron chi connectivity index (χ4n) is 2.06. The third-order valence-electron chi connectivity index (χ3n) is 2.56. The first kappa shape index (κ1) is 11.5. The lowest BCUT2D eigenvalue weighted by Crippen LogP contribution is -2.52. The van der Waals surface area contributed by atoms with Crippen LogP contribution < -0.4 is 0 Å². The molecule has 4 heteroatoms. The summed E-state index contributed by atoms with van der Waals surface area (Å²) in [5, 5.41) is 9.02. The predicted octanol–water partition coefficient (Wildman–Crippen LogP) is 0.959. The molecular weight excluding hydrogens is 182 g/mol. The maximum Gasteiger partial charge on any atom is 0.320 e. The summed E-state index contributed by atoms with van der Waals surface area (Å²) in [5.74, 6) is -0.728. The number of rotatable bonds is 3. The van der Waals surface area contributed by atoms with Crippen LogP contribution in [0.1, 0.15) is 27.2 Å². The number of morpholine rings is 1. The van der Waals surface area contributed by atoms with Crippen LogP contribution in [0, 0.1) is 0 Å². The summed E-state index contributed by atoms with van der Waals surface area (Å²) in [6.07, 6.45) is 0.911. The molecule has 0 amide bonds. The van der Waals surface area contributed by atoms with Crippen molar-refractivity contribution in [3.05, 3.63) is 0 Å². The van der Waals surface area contributed by atoms with Crippen LogP contribution in [-0.4, -0.2) is 47.3 Å². The van der Waals surface area contributed by atoms with Crippen molar-refractivity contribution < 1.29 is 14.6 Å². The molecule has 1 N–H and O–H groups in total. The molecule has 1 aliphatic heterocycles. The van der Waals surface area contributed by atoms with Crippen LogP contribution in [0.25, 0.3) is 0 Å². The zero-order valence-electron chi connectivity index (χ0n) is 9.06. The molecule has 3 atom stereocenters. The number of carbonyl (C=O) groups is 1. The van der Waals surface area contributed by atoms with Gasteiger partial charge < -0.3 is 9.84 Å². The van der Waals surface area contributed by atoms with Crippen LogP contribution >= 0.6 is 0 Å². The van der Waals surface area contributed by atoms with E-state index in [2.05, 4.69) is 0 Å². The van der Waals surface area contributed by atoms with Crippen LogP contribution in [0.5, 0.6) is 0 Å². The summed E-state index contributed by atoms with van der Waals surface area (Å²) in [6.45, 7) is 7.31. The second-order valence-corrected chi connectivity index (χ2v) is 3.97. The average Bonchev–Trinajstić information content (AvgIpc) is 2.02. The number of nitrogens with zero attached hydrogens (tertiary/aromatic N) is 1. The van der Waals surface area contributed by atoms with Crippen molar-refractivity contribution in [2.24, 2.45) is 0 Å². The highest BCUT2D eigenvalue weighted by Crippen LogP contribution is 2.15. The van der Waals surface area contributed by atoms with Gasteiger partial charge in [0.25, 0.3) is 0 Å². The lowest BCUT2D eigenvalue weighted by atomic mass is 10.1. The fraction of sp³-hybridized carbons (Fsp3) is 0.900. The highest BCUT2D eigenvalue weighted by molar-refractivity contribution is 5.73. The van der Waals surface area contributed by atoms with Gasteiger partial charge in [-0.05, 0) is 20.3 Å². The third-order valence-corrected chi connectivity index (χ3v) is 2.56. The molecule has 1 unspecified atom stereocenters. The third kappa shape index (κ3) is 2.69. The van der Waals surface area contributed by atoms with Crippen LogP contribution in [0.4, 0.5) is 0 Å². The molecule has 0 aliphatic carbocycles. The van der Waals surface area contributed by atoms with Crippen LogP contribution in [0.15, 0.2) is 0 Å². The molecular formula is C10H19NO3. The number of carboxylic acid groups (broad SMARTS) is 1. The van der Waals surface area contributed by atoms with E-state index < -0.39 is 5.97 Å². The molecule has 0 bridgehead atoms. The van der Waals surface area contributed by atoms with Gasteiger partial charge in [-0.2, -0.15) is 0 Å². The molecule has 4 nitrogen and oxygen atoms in total. The summed E-state index contributed by atoms with van der Waals surface area (Å²) >= 11 is 0. The monoisotopic (exact) mass is 201 g/mol. The molecule has 1 aliphatic rings. The summed E-state index contributed by atoms with van der Waals surface area (Å²) in [4.78, 5) is 13.0. The van der Waals surface area contributed by atoms with Crippen LogP contribution in [0.3, 0.4) is 0 Å². The van der Waals surface area contributed by atoms with Crippen molar-refractivity contribution in [1.29, 1.82) is 0 Å². The molecule has 0 aromatic rings. The van der Waals surface area contributed by atoms with E-state index in [0.29, 0.717) is 6.42 Å². The molecule has 1 fully saturated rings. The number of hydrogen-bond donors (Lipinski definition) is 1. The fourth-order valence-corrected chi connectivity index (χ4v) is 2.06. The normalized spacial score (nSPS) is 31.4. The number of carboxylic acids is 1. The summed E-state index contributed by atoms with van der Waals surface area (Å²) in [5.41, 5.74) is 0. The highest BCUT2D eigenvalue weighted by atomic mass is 16.5. The number of aliphatic carboxylic acids is 1. The first-order valence-electron chi connectivity index (χ1n) is 5.17. The second-order valence-electron chi connectivity index (χ2n) is 3.97. The average molecular weight is 201 g/mol. The van der Waals surface area contributed by atoms with E-state index in [0.717, 1.165) is 13.1 Å². The lowest BCUT2D eigenvalue weighted by Gasteiger charge is -2.38. The molecule has 0 radical (unpaired) electrons. The first-order chi connectivity index (χ1) is 6.54. The van der Waals surface area contributed by atoms with Crippen molar-refractivity contribution in [3.8, 4) is 0 Å². The number of hydrogen-bond acceptors (Lipinski definition) is 3. The highest BCUT2D eigenvalue weighted by Gasteiger charge is 2.30. The summed E-state index contributed by atoms with van der Waals surface area (Å²) < 4.78 is 5.56. The molecule has 0 spiro atoms. The Hall–Kier alpha value is -0.610. The molecule has 1 saturated heterocycles. The van der Waals surface area contributed by atoms with E-state index in [-0.39, 0.29) is 18.2 Å². The first-order valence-corrected chi connectivity index (χ1v) is 5.17. The topological polar surface area (TPSA) is 49.8 Å². The van der Waals surface area contributed by atoms with Gasteiger partial charge in [-0.25, -0.2) is 0 Å². The van der Waals surface area contributed by atoms with Gasteiger partial charge in [0.1, 0.15) is 6.04 Å². The van der Waals surface area contributed by atoms with Gasteiger partial charge in [-0.15, -0.1) is 0 Å². The Labute approximate surface area is 84.8 Å². The molecule has 0 aromatic carbocycles. The minimum Gasteiger partial charge on any atom is -0.480 e. The maximum absolute atomic E-state index is 11.0. The standard InChI is InChI=1S/C10H19NO3/c1-4-9(10(12)13)11-5-7(2)14-8(3)6-11/h7-9H,4-6H2,1-3H3,(H,12,13)/t7-,8+,9?. The van der Waals surface area contributed by atoms with Gasteiger partial charge in [-0.1, -0.05) is 6.92 Å². The Morgan fingerprint density at radius 1 is 1.50 bits per heavy atom. The van der Waals surface area contributed by atoms with Crippen molar-refractivity contribution >= 4 is 5.97 Å². The van der Waals surface area contributed by atoms with Gasteiger partial charge in [0.2, 0.25) is 0 Å². The Kier molecular flexibility index (Phi) is 3.89. The van der Waals surface area contributed by atoms with Crippen LogP contribution in [-0.2, 0) is 9.53 Å². The zero-order chi connectivity index (χ0) is 10.7. The maximum atomic E-state index is 11.0. The quantitative estimate of drug-likeness (QED) is 0.739. The van der Waals surface area contributed by atoms with Crippen molar-refractivity contribution in [2.75, 3.05) is 13.1 Å². The molecule has 1 heterocycles. The van der Waals surface area contributed by atoms with Crippen LogP contribution in [0.2, 0.25) is 0 Å². The SMILES string of the molecule is CCC(C(=O)O)N1C[C@@H](C)O[C@@H](C)C1. The zero-order valence-corrected chi connectivity index (χ0v) is 9.06. The Bertz CT molecular complexity index is 198. The molecule has 0 saturated carbocycles. The van der Waals surface area contributed by atoms with Crippen molar-refractivity contribution in [3.63, 3.8) is 0 Å². The van der Waals surface area contributed by atoms with Gasteiger partial charge >= 0.3 is 5.97 Å². The van der Waals surface area contributed by atoms with E-state index in [1.807, 2.05) is 25.7 Å². The molecule has 0 aromatic heterocycles. The van der Waals surface area contributed by atoms with Crippen molar-refractivity contribution in [2.45, 2.75) is 45.4 Å². The number of ether oxygens (including phenoxy) is 1. The summed E-state index contributed by atoms with van der Waals surface area (Å²) in [7, 11) is 0. The lowest BCUT2D eigenvalue weighted by molar-refractivity contribution is -0.149. The second kappa shape index (κ2) is 4.75. The largest absolute Gasteiger partial charge is 0.480 e. The predicted molar refractivity (Wildman–Crippen MR) is 53.3 cm³/mol. The summed E-state index contributed by atoms with van der Waals surface area (Å²) in [6, 6.07) is -0.358. The van der Waals surface area contributed by atoms with E-state index in [1.54, 1.807) is 0 Å².